The van der Waals surface area contributed by atoms with Crippen LogP contribution in [0.5, 0.6) is 0 Å². The molecule has 0 unspecified atom stereocenters. The molecule has 148 valence electrons. The summed E-state index contributed by atoms with van der Waals surface area (Å²) in [6.45, 7) is 9.41. The van der Waals surface area contributed by atoms with Crippen LogP contribution in [0, 0.1) is 39.0 Å². The predicted molar refractivity (Wildman–Crippen MR) is 125 cm³/mol. The molecule has 0 saturated heterocycles. The van der Waals surface area contributed by atoms with Gasteiger partial charge < -0.3 is 16.0 Å². The molecule has 3 aromatic rings. The Hall–Kier alpha value is -3.17. The van der Waals surface area contributed by atoms with Gasteiger partial charge in [-0.2, -0.15) is 5.26 Å². The highest BCUT2D eigenvalue weighted by Crippen LogP contribution is 2.24. The van der Waals surface area contributed by atoms with Crippen LogP contribution in [0.25, 0.3) is 10.9 Å². The van der Waals surface area contributed by atoms with Crippen molar-refractivity contribution in [3.8, 4) is 6.07 Å². The minimum Gasteiger partial charge on any atom is -0.367 e. The number of hydrogen-bond acceptors (Lipinski definition) is 4. The lowest BCUT2D eigenvalue weighted by molar-refractivity contribution is 0.911. The fourth-order valence-corrected chi connectivity index (χ4v) is 3.54. The highest BCUT2D eigenvalue weighted by atomic mass is 32.1. The van der Waals surface area contributed by atoms with E-state index in [4.69, 9.17) is 12.2 Å². The number of aromatic nitrogens is 1. The van der Waals surface area contributed by atoms with E-state index in [2.05, 4.69) is 59.1 Å². The van der Waals surface area contributed by atoms with Crippen molar-refractivity contribution in [3.05, 3.63) is 64.2 Å². The van der Waals surface area contributed by atoms with Gasteiger partial charge in [0.1, 0.15) is 11.9 Å². The van der Waals surface area contributed by atoms with Gasteiger partial charge in [0.05, 0.1) is 11.1 Å². The topological polar surface area (TPSA) is 72.8 Å². The van der Waals surface area contributed by atoms with Gasteiger partial charge in [0, 0.05) is 24.2 Å². The maximum Gasteiger partial charge on any atom is 0.170 e. The summed E-state index contributed by atoms with van der Waals surface area (Å²) in [5.74, 6) is 0.597. The van der Waals surface area contributed by atoms with E-state index in [9.17, 15) is 5.26 Å². The van der Waals surface area contributed by atoms with Crippen molar-refractivity contribution in [2.45, 2.75) is 27.7 Å². The molecule has 3 N–H and O–H groups in total. The first-order chi connectivity index (χ1) is 13.9. The van der Waals surface area contributed by atoms with Gasteiger partial charge in [-0.05, 0) is 74.8 Å². The zero-order valence-corrected chi connectivity index (χ0v) is 18.0. The molecule has 6 heteroatoms. The summed E-state index contributed by atoms with van der Waals surface area (Å²) in [5.41, 5.74) is 7.08. The number of thiocarbonyl (C=S) groups is 1. The summed E-state index contributed by atoms with van der Waals surface area (Å²) >= 11 is 5.38. The van der Waals surface area contributed by atoms with E-state index in [0.717, 1.165) is 33.3 Å². The number of hydrogen-bond donors (Lipinski definition) is 3. The molecule has 0 saturated carbocycles. The minimum atomic E-state index is 0.542. The van der Waals surface area contributed by atoms with Gasteiger partial charge in [-0.1, -0.05) is 23.8 Å². The van der Waals surface area contributed by atoms with E-state index >= 15 is 0 Å². The zero-order chi connectivity index (χ0) is 21.0. The van der Waals surface area contributed by atoms with Crippen LogP contribution in [0.3, 0.4) is 0 Å². The molecule has 0 amide bonds. The van der Waals surface area contributed by atoms with E-state index in [1.165, 1.54) is 5.56 Å². The Morgan fingerprint density at radius 3 is 2.48 bits per heavy atom. The molecule has 0 bridgehead atoms. The number of aryl methyl sites for hydroxylation is 4. The van der Waals surface area contributed by atoms with Crippen LogP contribution in [0.15, 0.2) is 36.4 Å². The molecule has 0 radical (unpaired) electrons. The molecule has 2 aromatic carbocycles. The van der Waals surface area contributed by atoms with Crippen LogP contribution in [0.4, 0.5) is 11.5 Å². The average Bonchev–Trinajstić information content (AvgIpc) is 2.67. The number of fused-ring (bicyclic) bond motifs is 1. The molecule has 0 spiro atoms. The van der Waals surface area contributed by atoms with Crippen molar-refractivity contribution in [1.82, 2.24) is 10.3 Å². The van der Waals surface area contributed by atoms with Crippen LogP contribution in [-0.4, -0.2) is 23.2 Å². The SMILES string of the molecule is Cc1ccc(NC(=S)NCCNc2nc3cc(C)cc(C)c3cc2C#N)c(C)c1. The molecule has 0 aliphatic heterocycles. The van der Waals surface area contributed by atoms with Gasteiger partial charge >= 0.3 is 0 Å². The third kappa shape index (κ3) is 5.01. The van der Waals surface area contributed by atoms with Gasteiger partial charge in [-0.15, -0.1) is 0 Å². The predicted octanol–water partition coefficient (Wildman–Crippen LogP) is 4.74. The number of anilines is 2. The first-order valence-corrected chi connectivity index (χ1v) is 9.96. The number of benzene rings is 2. The summed E-state index contributed by atoms with van der Waals surface area (Å²) < 4.78 is 0. The molecule has 5 nitrogen and oxygen atoms in total. The molecule has 29 heavy (non-hydrogen) atoms. The van der Waals surface area contributed by atoms with Crippen LogP contribution in [-0.2, 0) is 0 Å². The molecule has 1 aromatic heterocycles. The van der Waals surface area contributed by atoms with Crippen LogP contribution in [0.1, 0.15) is 27.8 Å². The number of nitrogens with zero attached hydrogens (tertiary/aromatic N) is 2. The molecule has 0 aliphatic carbocycles. The largest absolute Gasteiger partial charge is 0.367 e. The standard InChI is InChI=1S/C23H25N5S/c1-14-5-6-20(17(4)9-14)28-23(29)26-8-7-25-22-18(13-24)12-19-16(3)10-15(2)11-21(19)27-22/h5-6,9-12H,7-8H2,1-4H3,(H,25,27)(H2,26,28,29). The Morgan fingerprint density at radius 2 is 1.76 bits per heavy atom. The Bertz CT molecular complexity index is 1110. The lowest BCUT2D eigenvalue weighted by atomic mass is 10.0. The Kier molecular flexibility index (Phi) is 6.30. The van der Waals surface area contributed by atoms with E-state index in [1.54, 1.807) is 0 Å². The Balaban J connectivity index is 1.60. The average molecular weight is 404 g/mol. The van der Waals surface area contributed by atoms with Gasteiger partial charge in [0.15, 0.2) is 5.11 Å². The fraction of sp³-hybridized carbons (Fsp3) is 0.261. The van der Waals surface area contributed by atoms with E-state index < -0.39 is 0 Å². The van der Waals surface area contributed by atoms with Gasteiger partial charge in [-0.3, -0.25) is 0 Å². The lowest BCUT2D eigenvalue weighted by Crippen LogP contribution is -2.32. The molecule has 3 rings (SSSR count). The number of pyridine rings is 1. The lowest BCUT2D eigenvalue weighted by Gasteiger charge is -2.14. The summed E-state index contributed by atoms with van der Waals surface area (Å²) in [6.07, 6.45) is 0. The molecular formula is C23H25N5S. The molecule has 0 fully saturated rings. The van der Waals surface area contributed by atoms with Crippen molar-refractivity contribution >= 4 is 39.7 Å². The quantitative estimate of drug-likeness (QED) is 0.422. The summed E-state index contributed by atoms with van der Waals surface area (Å²) in [5, 5.41) is 20.7. The third-order valence-corrected chi connectivity index (χ3v) is 4.99. The Morgan fingerprint density at radius 1 is 1.00 bits per heavy atom. The number of nitrogens with one attached hydrogen (secondary N) is 3. The van der Waals surface area contributed by atoms with Crippen LogP contribution in [0.2, 0.25) is 0 Å². The third-order valence-electron chi connectivity index (χ3n) is 4.74. The second-order valence-electron chi connectivity index (χ2n) is 7.27. The van der Waals surface area contributed by atoms with E-state index in [0.29, 0.717) is 29.6 Å². The summed E-state index contributed by atoms with van der Waals surface area (Å²) in [7, 11) is 0. The molecule has 0 atom stereocenters. The van der Waals surface area contributed by atoms with Crippen molar-refractivity contribution in [1.29, 1.82) is 5.26 Å². The summed E-state index contributed by atoms with van der Waals surface area (Å²) in [4.78, 5) is 4.66. The first-order valence-electron chi connectivity index (χ1n) is 9.55. The maximum absolute atomic E-state index is 9.50. The number of rotatable bonds is 5. The minimum absolute atomic E-state index is 0.542. The molecule has 1 heterocycles. The van der Waals surface area contributed by atoms with E-state index in [1.807, 2.05) is 32.0 Å². The molecule has 0 aliphatic rings. The smallest absolute Gasteiger partial charge is 0.170 e. The zero-order valence-electron chi connectivity index (χ0n) is 17.2. The summed E-state index contributed by atoms with van der Waals surface area (Å²) in [6, 6.07) is 14.5. The van der Waals surface area contributed by atoms with Gasteiger partial charge in [-0.25, -0.2) is 4.98 Å². The maximum atomic E-state index is 9.50. The van der Waals surface area contributed by atoms with Crippen LogP contribution >= 0.6 is 12.2 Å². The highest BCUT2D eigenvalue weighted by Gasteiger charge is 2.09. The van der Waals surface area contributed by atoms with Gasteiger partial charge in [0.2, 0.25) is 0 Å². The van der Waals surface area contributed by atoms with Crippen molar-refractivity contribution < 1.29 is 0 Å². The van der Waals surface area contributed by atoms with Gasteiger partial charge in [0.25, 0.3) is 0 Å². The second-order valence-corrected chi connectivity index (χ2v) is 7.68. The van der Waals surface area contributed by atoms with E-state index in [-0.39, 0.29) is 0 Å². The monoisotopic (exact) mass is 403 g/mol. The second kappa shape index (κ2) is 8.89. The highest BCUT2D eigenvalue weighted by molar-refractivity contribution is 7.80. The van der Waals surface area contributed by atoms with Crippen molar-refractivity contribution in [2.24, 2.45) is 0 Å². The fourth-order valence-electron chi connectivity index (χ4n) is 3.33. The molecular weight excluding hydrogens is 378 g/mol. The Labute approximate surface area is 177 Å². The number of nitriles is 1. The van der Waals surface area contributed by atoms with Crippen LogP contribution < -0.4 is 16.0 Å². The first kappa shape index (κ1) is 20.6. The van der Waals surface area contributed by atoms with Crippen molar-refractivity contribution in [2.75, 3.05) is 23.7 Å². The normalized spacial score (nSPS) is 10.4. The van der Waals surface area contributed by atoms with Crippen molar-refractivity contribution in [3.63, 3.8) is 0 Å².